The third-order valence-electron chi connectivity index (χ3n) is 1.89. The van der Waals surface area contributed by atoms with Crippen LogP contribution in [0.15, 0.2) is 30.3 Å². The molecule has 0 aliphatic heterocycles. The highest BCUT2D eigenvalue weighted by molar-refractivity contribution is 5.60. The van der Waals surface area contributed by atoms with Gasteiger partial charge in [-0.05, 0) is 30.7 Å². The van der Waals surface area contributed by atoms with Gasteiger partial charge < -0.3 is 9.47 Å². The topological polar surface area (TPSA) is 59.3 Å². The van der Waals surface area contributed by atoms with E-state index in [-0.39, 0.29) is 6.61 Å². The second-order valence-electron chi connectivity index (χ2n) is 3.13. The van der Waals surface area contributed by atoms with Crippen LogP contribution in [-0.2, 0) is 9.47 Å². The fourth-order valence-corrected chi connectivity index (χ4v) is 1.17. The second kappa shape index (κ2) is 7.07. The summed E-state index contributed by atoms with van der Waals surface area (Å²) >= 11 is 0. The van der Waals surface area contributed by atoms with E-state index in [1.807, 2.05) is 6.07 Å². The van der Waals surface area contributed by atoms with Crippen molar-refractivity contribution in [1.82, 2.24) is 0 Å². The van der Waals surface area contributed by atoms with E-state index in [4.69, 9.17) is 10.00 Å². The quantitative estimate of drug-likeness (QED) is 0.747. The van der Waals surface area contributed by atoms with Crippen molar-refractivity contribution in [1.29, 1.82) is 5.26 Å². The molecule has 0 saturated heterocycles. The molecule has 0 aromatic heterocycles. The molecule has 0 aliphatic carbocycles. The summed E-state index contributed by atoms with van der Waals surface area (Å²) in [5.41, 5.74) is 1.48. The van der Waals surface area contributed by atoms with E-state index in [1.165, 1.54) is 0 Å². The van der Waals surface area contributed by atoms with Crippen LogP contribution in [0.2, 0.25) is 0 Å². The maximum Gasteiger partial charge on any atom is 0.508 e. The van der Waals surface area contributed by atoms with E-state index in [9.17, 15) is 4.79 Å². The third kappa shape index (κ3) is 4.85. The number of nitriles is 1. The lowest BCUT2D eigenvalue weighted by molar-refractivity contribution is 0.0674. The summed E-state index contributed by atoms with van der Waals surface area (Å²) in [7, 11) is 0. The van der Waals surface area contributed by atoms with Gasteiger partial charge in [-0.3, -0.25) is 0 Å². The van der Waals surface area contributed by atoms with Crippen molar-refractivity contribution >= 4 is 12.2 Å². The average molecular weight is 231 g/mol. The minimum Gasteiger partial charge on any atom is -0.435 e. The van der Waals surface area contributed by atoms with Crippen molar-refractivity contribution in [2.24, 2.45) is 0 Å². The van der Waals surface area contributed by atoms with Crippen LogP contribution in [0.1, 0.15) is 18.1 Å². The maximum absolute atomic E-state index is 10.8. The first-order chi connectivity index (χ1) is 8.26. The number of nitrogens with zero attached hydrogens (tertiary/aromatic N) is 1. The molecule has 1 aromatic carbocycles. The zero-order valence-corrected chi connectivity index (χ0v) is 9.55. The Hall–Kier alpha value is -2.28. The minimum absolute atomic E-state index is 0.148. The summed E-state index contributed by atoms with van der Waals surface area (Å²) < 4.78 is 9.34. The molecule has 0 unspecified atom stereocenters. The Balaban J connectivity index is 2.43. The Labute approximate surface area is 100 Å². The number of ether oxygens (including phenoxy) is 2. The van der Waals surface area contributed by atoms with Crippen LogP contribution in [0.3, 0.4) is 0 Å². The molecule has 0 atom stereocenters. The molecule has 4 heteroatoms. The first-order valence-corrected chi connectivity index (χ1v) is 5.22. The Morgan fingerprint density at radius 3 is 3.00 bits per heavy atom. The summed E-state index contributed by atoms with van der Waals surface area (Å²) in [5, 5.41) is 8.71. The molecule has 4 nitrogen and oxygen atoms in total. The molecule has 88 valence electrons. The van der Waals surface area contributed by atoms with E-state index in [0.717, 1.165) is 5.56 Å². The molecule has 0 amide bonds. The highest BCUT2D eigenvalue weighted by atomic mass is 16.7. The van der Waals surface area contributed by atoms with Gasteiger partial charge in [0.15, 0.2) is 0 Å². The zero-order valence-electron chi connectivity index (χ0n) is 9.55. The van der Waals surface area contributed by atoms with Gasteiger partial charge in [0, 0.05) is 0 Å². The van der Waals surface area contributed by atoms with Crippen LogP contribution in [0.4, 0.5) is 4.79 Å². The van der Waals surface area contributed by atoms with E-state index in [0.29, 0.717) is 12.2 Å². The standard InChI is InChI=1S/C13H13NO3/c1-2-16-13(15)17-8-4-7-11-5-3-6-12(9-11)10-14/h3-7,9H,2,8H2,1H3. The summed E-state index contributed by atoms with van der Waals surface area (Å²) in [4.78, 5) is 10.8. The number of carbonyl (C=O) groups is 1. The van der Waals surface area contributed by atoms with Gasteiger partial charge in [0.2, 0.25) is 0 Å². The minimum atomic E-state index is -0.678. The zero-order chi connectivity index (χ0) is 12.5. The van der Waals surface area contributed by atoms with Gasteiger partial charge in [-0.15, -0.1) is 0 Å². The van der Waals surface area contributed by atoms with Crippen molar-refractivity contribution in [2.75, 3.05) is 13.2 Å². The van der Waals surface area contributed by atoms with Crippen molar-refractivity contribution in [3.8, 4) is 6.07 Å². The lowest BCUT2D eigenvalue weighted by Gasteiger charge is -2.00. The van der Waals surface area contributed by atoms with Crippen LogP contribution >= 0.6 is 0 Å². The number of carbonyl (C=O) groups excluding carboxylic acids is 1. The van der Waals surface area contributed by atoms with Gasteiger partial charge in [0.25, 0.3) is 0 Å². The van der Waals surface area contributed by atoms with Gasteiger partial charge in [0.05, 0.1) is 18.2 Å². The molecule has 0 fully saturated rings. The fourth-order valence-electron chi connectivity index (χ4n) is 1.17. The number of rotatable bonds is 4. The molecule has 17 heavy (non-hydrogen) atoms. The molecular formula is C13H13NO3. The third-order valence-corrected chi connectivity index (χ3v) is 1.89. The molecule has 1 aromatic rings. The predicted molar refractivity (Wildman–Crippen MR) is 63.2 cm³/mol. The highest BCUT2D eigenvalue weighted by Crippen LogP contribution is 2.05. The summed E-state index contributed by atoms with van der Waals surface area (Å²) in [6.07, 6.45) is 2.79. The van der Waals surface area contributed by atoms with E-state index < -0.39 is 6.16 Å². The first kappa shape index (κ1) is 12.8. The smallest absolute Gasteiger partial charge is 0.435 e. The van der Waals surface area contributed by atoms with Gasteiger partial charge in [-0.2, -0.15) is 5.26 Å². The molecule has 0 heterocycles. The predicted octanol–water partition coefficient (Wildman–Crippen LogP) is 2.74. The SMILES string of the molecule is CCOC(=O)OCC=Cc1cccc(C#N)c1. The number of benzene rings is 1. The first-order valence-electron chi connectivity index (χ1n) is 5.22. The molecule has 0 spiro atoms. The molecular weight excluding hydrogens is 218 g/mol. The van der Waals surface area contributed by atoms with Gasteiger partial charge >= 0.3 is 6.16 Å². The van der Waals surface area contributed by atoms with Crippen LogP contribution in [0.5, 0.6) is 0 Å². The molecule has 0 N–H and O–H groups in total. The molecule has 0 radical (unpaired) electrons. The maximum atomic E-state index is 10.8. The summed E-state index contributed by atoms with van der Waals surface area (Å²) in [6.45, 7) is 2.16. The number of hydrogen-bond donors (Lipinski definition) is 0. The van der Waals surface area contributed by atoms with E-state index >= 15 is 0 Å². The van der Waals surface area contributed by atoms with Crippen LogP contribution < -0.4 is 0 Å². The molecule has 0 bridgehead atoms. The van der Waals surface area contributed by atoms with Crippen LogP contribution in [0, 0.1) is 11.3 Å². The molecule has 0 saturated carbocycles. The Bertz CT molecular complexity index is 446. The lowest BCUT2D eigenvalue weighted by Crippen LogP contribution is -2.06. The largest absolute Gasteiger partial charge is 0.508 e. The molecule has 0 aliphatic rings. The van der Waals surface area contributed by atoms with Gasteiger partial charge in [-0.25, -0.2) is 4.79 Å². The molecule has 1 rings (SSSR count). The summed E-state index contributed by atoms with van der Waals surface area (Å²) in [6, 6.07) is 9.19. The van der Waals surface area contributed by atoms with Crippen LogP contribution in [-0.4, -0.2) is 19.4 Å². The Morgan fingerprint density at radius 2 is 2.29 bits per heavy atom. The van der Waals surface area contributed by atoms with E-state index in [1.54, 1.807) is 37.3 Å². The van der Waals surface area contributed by atoms with Crippen LogP contribution in [0.25, 0.3) is 6.08 Å². The lowest BCUT2D eigenvalue weighted by atomic mass is 10.1. The van der Waals surface area contributed by atoms with Gasteiger partial charge in [0.1, 0.15) is 6.61 Å². The highest BCUT2D eigenvalue weighted by Gasteiger charge is 1.98. The Morgan fingerprint density at radius 1 is 1.47 bits per heavy atom. The average Bonchev–Trinajstić information content (AvgIpc) is 2.35. The normalized spacial score (nSPS) is 9.88. The monoisotopic (exact) mass is 231 g/mol. The Kier molecular flexibility index (Phi) is 5.32. The fraction of sp³-hybridized carbons (Fsp3) is 0.231. The number of hydrogen-bond acceptors (Lipinski definition) is 4. The van der Waals surface area contributed by atoms with Crippen molar-refractivity contribution in [3.63, 3.8) is 0 Å². The van der Waals surface area contributed by atoms with Crippen molar-refractivity contribution < 1.29 is 14.3 Å². The van der Waals surface area contributed by atoms with Gasteiger partial charge in [-0.1, -0.05) is 18.2 Å². The van der Waals surface area contributed by atoms with Crippen molar-refractivity contribution in [3.05, 3.63) is 41.5 Å². The van der Waals surface area contributed by atoms with E-state index in [2.05, 4.69) is 10.8 Å². The second-order valence-corrected chi connectivity index (χ2v) is 3.13. The van der Waals surface area contributed by atoms with Crippen molar-refractivity contribution in [2.45, 2.75) is 6.92 Å². The summed E-state index contributed by atoms with van der Waals surface area (Å²) in [5.74, 6) is 0.